The minimum Gasteiger partial charge on any atom is -0.493 e. The molecule has 1 heterocycles. The highest BCUT2D eigenvalue weighted by atomic mass is 35.5. The van der Waals surface area contributed by atoms with Crippen LogP contribution in [0, 0.1) is 5.82 Å². The molecule has 33 heavy (non-hydrogen) atoms. The number of ether oxygens (including phenoxy) is 2. The van der Waals surface area contributed by atoms with E-state index in [0.717, 1.165) is 28.3 Å². The van der Waals surface area contributed by atoms with Crippen LogP contribution < -0.4 is 14.4 Å². The number of methoxy groups -OCH3 is 1. The van der Waals surface area contributed by atoms with Crippen molar-refractivity contribution in [2.75, 3.05) is 12.0 Å². The molecule has 1 saturated heterocycles. The highest BCUT2D eigenvalue weighted by molar-refractivity contribution is 8.19. The number of carbonyl (C=O) groups is 2. The molecule has 1 fully saturated rings. The summed E-state index contributed by atoms with van der Waals surface area (Å²) in [7, 11) is 1.51. The summed E-state index contributed by atoms with van der Waals surface area (Å²) in [5, 5.41) is -0.0223. The number of halogens is 3. The average Bonchev–Trinajstić information content (AvgIpc) is 3.08. The van der Waals surface area contributed by atoms with Crippen LogP contribution in [-0.2, 0) is 11.4 Å². The molecule has 0 spiro atoms. The molecule has 0 radical (unpaired) electrons. The summed E-state index contributed by atoms with van der Waals surface area (Å²) < 4.78 is 24.7. The van der Waals surface area contributed by atoms with Gasteiger partial charge in [-0.1, -0.05) is 41.4 Å². The molecule has 0 aromatic heterocycles. The van der Waals surface area contributed by atoms with E-state index in [1.54, 1.807) is 36.4 Å². The van der Waals surface area contributed by atoms with Gasteiger partial charge in [0.15, 0.2) is 11.5 Å². The van der Waals surface area contributed by atoms with Gasteiger partial charge in [-0.3, -0.25) is 9.59 Å². The van der Waals surface area contributed by atoms with Gasteiger partial charge in [-0.2, -0.15) is 0 Å². The number of thioether (sulfide) groups is 1. The van der Waals surface area contributed by atoms with Crippen LogP contribution in [0.3, 0.4) is 0 Å². The third-order valence-corrected chi connectivity index (χ3v) is 6.16. The van der Waals surface area contributed by atoms with Gasteiger partial charge in [0.1, 0.15) is 12.4 Å². The standard InChI is InChI=1S/C24H16Cl2FNO4S/c1-31-21-10-15(4-9-20(21)32-13-14-2-5-16(25)6-3-14)11-22-23(29)28(24(30)33-22)17-7-8-19(27)18(26)12-17/h2-12H,13H2,1H3/b22-11-. The Kier molecular flexibility index (Phi) is 6.93. The molecule has 0 aliphatic carbocycles. The lowest BCUT2D eigenvalue weighted by Crippen LogP contribution is -2.27. The molecular formula is C24H16Cl2FNO4S. The predicted octanol–water partition coefficient (Wildman–Crippen LogP) is 6.96. The van der Waals surface area contributed by atoms with Crippen LogP contribution in [-0.4, -0.2) is 18.3 Å². The number of anilines is 1. The van der Waals surface area contributed by atoms with Gasteiger partial charge in [0.2, 0.25) is 0 Å². The van der Waals surface area contributed by atoms with Crippen LogP contribution in [0.5, 0.6) is 11.5 Å². The Morgan fingerprint density at radius 2 is 1.76 bits per heavy atom. The Bertz CT molecular complexity index is 1260. The number of benzene rings is 3. The third kappa shape index (κ3) is 5.16. The van der Waals surface area contributed by atoms with Crippen LogP contribution in [0.1, 0.15) is 11.1 Å². The first-order valence-electron chi connectivity index (χ1n) is 9.64. The summed E-state index contributed by atoms with van der Waals surface area (Å²) in [5.74, 6) is -0.149. The van der Waals surface area contributed by atoms with E-state index in [1.807, 2.05) is 12.1 Å². The fraction of sp³-hybridized carbons (Fsp3) is 0.0833. The van der Waals surface area contributed by atoms with Gasteiger partial charge in [-0.05, 0) is 71.4 Å². The van der Waals surface area contributed by atoms with E-state index in [2.05, 4.69) is 0 Å². The van der Waals surface area contributed by atoms with Gasteiger partial charge in [0.05, 0.1) is 22.7 Å². The van der Waals surface area contributed by atoms with Gasteiger partial charge in [0, 0.05) is 5.02 Å². The summed E-state index contributed by atoms with van der Waals surface area (Å²) in [6.45, 7) is 0.325. The van der Waals surface area contributed by atoms with Crippen molar-refractivity contribution in [3.05, 3.63) is 92.6 Å². The molecule has 3 aromatic carbocycles. The molecule has 168 valence electrons. The first kappa shape index (κ1) is 23.2. The highest BCUT2D eigenvalue weighted by Gasteiger charge is 2.36. The molecule has 0 atom stereocenters. The van der Waals surface area contributed by atoms with Crippen molar-refractivity contribution in [3.8, 4) is 11.5 Å². The Hall–Kier alpha value is -3.00. The summed E-state index contributed by atoms with van der Waals surface area (Å²) >= 11 is 12.5. The van der Waals surface area contributed by atoms with Crippen LogP contribution in [0.4, 0.5) is 14.9 Å². The van der Waals surface area contributed by atoms with Crippen molar-refractivity contribution >= 4 is 57.9 Å². The van der Waals surface area contributed by atoms with Gasteiger partial charge < -0.3 is 9.47 Å². The van der Waals surface area contributed by atoms with Gasteiger partial charge in [-0.25, -0.2) is 9.29 Å². The molecule has 0 unspecified atom stereocenters. The third-order valence-electron chi connectivity index (χ3n) is 4.75. The minimum atomic E-state index is -0.631. The van der Waals surface area contributed by atoms with Crippen molar-refractivity contribution in [1.82, 2.24) is 0 Å². The Labute approximate surface area is 203 Å². The maximum Gasteiger partial charge on any atom is 0.298 e. The van der Waals surface area contributed by atoms with Crippen LogP contribution in [0.25, 0.3) is 6.08 Å². The maximum absolute atomic E-state index is 13.5. The van der Waals surface area contributed by atoms with E-state index in [9.17, 15) is 14.0 Å². The zero-order chi connectivity index (χ0) is 23.5. The monoisotopic (exact) mass is 503 g/mol. The van der Waals surface area contributed by atoms with E-state index >= 15 is 0 Å². The summed E-state index contributed by atoms with van der Waals surface area (Å²) in [6, 6.07) is 16.2. The van der Waals surface area contributed by atoms with Crippen molar-refractivity contribution in [1.29, 1.82) is 0 Å². The van der Waals surface area contributed by atoms with Crippen molar-refractivity contribution in [3.63, 3.8) is 0 Å². The summed E-state index contributed by atoms with van der Waals surface area (Å²) in [5.41, 5.74) is 1.80. The second kappa shape index (κ2) is 9.87. The van der Waals surface area contributed by atoms with Gasteiger partial charge >= 0.3 is 0 Å². The van der Waals surface area contributed by atoms with Crippen molar-refractivity contribution in [2.45, 2.75) is 6.61 Å². The second-order valence-corrected chi connectivity index (χ2v) is 8.78. The molecule has 5 nitrogen and oxygen atoms in total. The lowest BCUT2D eigenvalue weighted by atomic mass is 10.1. The number of imide groups is 1. The summed E-state index contributed by atoms with van der Waals surface area (Å²) in [4.78, 5) is 26.5. The number of rotatable bonds is 6. The predicted molar refractivity (Wildman–Crippen MR) is 129 cm³/mol. The Morgan fingerprint density at radius 3 is 2.45 bits per heavy atom. The average molecular weight is 504 g/mol. The largest absolute Gasteiger partial charge is 0.493 e. The number of carbonyl (C=O) groups excluding carboxylic acids is 2. The van der Waals surface area contributed by atoms with E-state index in [0.29, 0.717) is 28.7 Å². The Morgan fingerprint density at radius 1 is 1.00 bits per heavy atom. The minimum absolute atomic E-state index is 0.172. The molecule has 0 bridgehead atoms. The first-order chi connectivity index (χ1) is 15.9. The number of amides is 2. The van der Waals surface area contributed by atoms with E-state index in [-0.39, 0.29) is 15.6 Å². The SMILES string of the molecule is COc1cc(/C=C2\SC(=O)N(c3ccc(F)c(Cl)c3)C2=O)ccc1OCc1ccc(Cl)cc1. The van der Waals surface area contributed by atoms with E-state index in [4.69, 9.17) is 32.7 Å². The fourth-order valence-electron chi connectivity index (χ4n) is 3.10. The molecule has 0 saturated carbocycles. The molecule has 9 heteroatoms. The van der Waals surface area contributed by atoms with Crippen molar-refractivity contribution in [2.24, 2.45) is 0 Å². The van der Waals surface area contributed by atoms with E-state index < -0.39 is 17.0 Å². The topological polar surface area (TPSA) is 55.8 Å². The lowest BCUT2D eigenvalue weighted by Gasteiger charge is -2.13. The molecule has 0 N–H and O–H groups in total. The van der Waals surface area contributed by atoms with Crippen LogP contribution >= 0.6 is 35.0 Å². The maximum atomic E-state index is 13.5. The molecule has 3 aromatic rings. The smallest absolute Gasteiger partial charge is 0.298 e. The molecule has 4 rings (SSSR count). The Balaban J connectivity index is 1.53. The first-order valence-corrected chi connectivity index (χ1v) is 11.2. The number of hydrogen-bond acceptors (Lipinski definition) is 5. The van der Waals surface area contributed by atoms with Gasteiger partial charge in [-0.15, -0.1) is 0 Å². The molecule has 1 aliphatic heterocycles. The normalized spacial score (nSPS) is 14.8. The molecular weight excluding hydrogens is 488 g/mol. The number of nitrogens with zero attached hydrogens (tertiary/aromatic N) is 1. The van der Waals surface area contributed by atoms with Crippen LogP contribution in [0.2, 0.25) is 10.0 Å². The molecule has 2 amide bonds. The summed E-state index contributed by atoms with van der Waals surface area (Å²) in [6.07, 6.45) is 1.58. The lowest BCUT2D eigenvalue weighted by molar-refractivity contribution is -0.113. The van der Waals surface area contributed by atoms with E-state index in [1.165, 1.54) is 19.2 Å². The zero-order valence-corrected chi connectivity index (χ0v) is 19.5. The molecule has 1 aliphatic rings. The second-order valence-electron chi connectivity index (χ2n) is 6.94. The van der Waals surface area contributed by atoms with Gasteiger partial charge in [0.25, 0.3) is 11.1 Å². The fourth-order valence-corrected chi connectivity index (χ4v) is 4.24. The van der Waals surface area contributed by atoms with Crippen molar-refractivity contribution < 1.29 is 23.5 Å². The quantitative estimate of drug-likeness (QED) is 0.340. The number of hydrogen-bond donors (Lipinski definition) is 0. The zero-order valence-electron chi connectivity index (χ0n) is 17.2. The highest BCUT2D eigenvalue weighted by Crippen LogP contribution is 2.38. The van der Waals surface area contributed by atoms with Crippen LogP contribution in [0.15, 0.2) is 65.6 Å².